The predicted molar refractivity (Wildman–Crippen MR) is 92.9 cm³/mol. The van der Waals surface area contributed by atoms with Gasteiger partial charge in [-0.3, -0.25) is 4.98 Å². The zero-order valence-electron chi connectivity index (χ0n) is 12.9. The van der Waals surface area contributed by atoms with Gasteiger partial charge in [0.15, 0.2) is 0 Å². The molecule has 1 aliphatic carbocycles. The van der Waals surface area contributed by atoms with Crippen LogP contribution in [-0.4, -0.2) is 4.98 Å². The number of benzene rings is 2. The summed E-state index contributed by atoms with van der Waals surface area (Å²) < 4.78 is 0. The van der Waals surface area contributed by atoms with Crippen LogP contribution in [0.1, 0.15) is 30.2 Å². The summed E-state index contributed by atoms with van der Waals surface area (Å²) in [6.07, 6.45) is 4.52. The van der Waals surface area contributed by atoms with E-state index in [1.165, 1.54) is 34.3 Å². The Morgan fingerprint density at radius 2 is 1.82 bits per heavy atom. The first-order chi connectivity index (χ1) is 10.8. The van der Waals surface area contributed by atoms with Gasteiger partial charge in [-0.2, -0.15) is 0 Å². The highest BCUT2D eigenvalue weighted by Gasteiger charge is 2.19. The van der Waals surface area contributed by atoms with E-state index in [2.05, 4.69) is 60.8 Å². The van der Waals surface area contributed by atoms with Crippen LogP contribution in [0.5, 0.6) is 0 Å². The summed E-state index contributed by atoms with van der Waals surface area (Å²) in [6, 6.07) is 17.2. The highest BCUT2D eigenvalue weighted by Crippen LogP contribution is 2.35. The molecule has 3 aromatic rings. The third-order valence-corrected chi connectivity index (χ3v) is 4.55. The minimum Gasteiger partial charge on any atom is -0.355 e. The van der Waals surface area contributed by atoms with Crippen molar-refractivity contribution in [3.05, 3.63) is 65.4 Å². The summed E-state index contributed by atoms with van der Waals surface area (Å²) in [5.41, 5.74) is 7.54. The van der Waals surface area contributed by atoms with Crippen molar-refractivity contribution in [1.82, 2.24) is 4.98 Å². The molecule has 0 fully saturated rings. The number of hydrogen-bond acceptors (Lipinski definition) is 2. The first-order valence-electron chi connectivity index (χ1n) is 8.11. The maximum atomic E-state index is 4.85. The molecule has 22 heavy (non-hydrogen) atoms. The van der Waals surface area contributed by atoms with Crippen LogP contribution in [0.2, 0.25) is 0 Å². The van der Waals surface area contributed by atoms with Crippen LogP contribution in [0.3, 0.4) is 0 Å². The smallest absolute Gasteiger partial charge is 0.0726 e. The highest BCUT2D eigenvalue weighted by atomic mass is 14.9. The number of nitrogens with one attached hydrogen (secondary N) is 1. The maximum absolute atomic E-state index is 4.85. The largest absolute Gasteiger partial charge is 0.355 e. The van der Waals surface area contributed by atoms with Gasteiger partial charge in [-0.25, -0.2) is 0 Å². The summed E-state index contributed by atoms with van der Waals surface area (Å²) in [5, 5.41) is 4.88. The molecule has 0 radical (unpaired) electrons. The van der Waals surface area contributed by atoms with Crippen molar-refractivity contribution >= 4 is 22.3 Å². The van der Waals surface area contributed by atoms with E-state index in [0.29, 0.717) is 0 Å². The quantitative estimate of drug-likeness (QED) is 0.731. The van der Waals surface area contributed by atoms with Crippen LogP contribution in [0.25, 0.3) is 10.9 Å². The molecular formula is C20H20N2. The lowest BCUT2D eigenvalue weighted by Crippen LogP contribution is -2.00. The van der Waals surface area contributed by atoms with Gasteiger partial charge in [0.25, 0.3) is 0 Å². The molecular weight excluding hydrogens is 268 g/mol. The lowest BCUT2D eigenvalue weighted by Gasteiger charge is -2.15. The Bertz CT molecular complexity index is 819. The van der Waals surface area contributed by atoms with Crippen molar-refractivity contribution in [3.8, 4) is 0 Å². The van der Waals surface area contributed by atoms with E-state index in [1.807, 2.05) is 0 Å². The van der Waals surface area contributed by atoms with E-state index in [0.717, 1.165) is 30.5 Å². The molecule has 1 N–H and O–H groups in total. The van der Waals surface area contributed by atoms with E-state index in [4.69, 9.17) is 4.98 Å². The summed E-state index contributed by atoms with van der Waals surface area (Å²) in [4.78, 5) is 4.85. The molecule has 0 amide bonds. The third kappa shape index (κ3) is 2.25. The fourth-order valence-corrected chi connectivity index (χ4v) is 3.32. The number of fused-ring (bicyclic) bond motifs is 2. The first-order valence-corrected chi connectivity index (χ1v) is 8.11. The molecule has 0 atom stereocenters. The van der Waals surface area contributed by atoms with Crippen molar-refractivity contribution in [1.29, 1.82) is 0 Å². The lowest BCUT2D eigenvalue weighted by molar-refractivity contribution is 0.901. The van der Waals surface area contributed by atoms with Gasteiger partial charge in [0.05, 0.1) is 11.2 Å². The second kappa shape index (κ2) is 5.45. The van der Waals surface area contributed by atoms with Gasteiger partial charge in [0.2, 0.25) is 0 Å². The average molecular weight is 288 g/mol. The van der Waals surface area contributed by atoms with Crippen LogP contribution in [0.4, 0.5) is 11.4 Å². The maximum Gasteiger partial charge on any atom is 0.0726 e. The fourth-order valence-electron chi connectivity index (χ4n) is 3.32. The molecule has 2 aromatic carbocycles. The minimum atomic E-state index is 1.08. The second-order valence-electron chi connectivity index (χ2n) is 5.96. The topological polar surface area (TPSA) is 24.9 Å². The molecule has 2 nitrogen and oxygen atoms in total. The van der Waals surface area contributed by atoms with Crippen molar-refractivity contribution in [2.45, 2.75) is 32.6 Å². The van der Waals surface area contributed by atoms with Gasteiger partial charge in [-0.05, 0) is 55.0 Å². The number of hydrogen-bond donors (Lipinski definition) is 1. The minimum absolute atomic E-state index is 1.08. The molecule has 0 saturated heterocycles. The summed E-state index contributed by atoms with van der Waals surface area (Å²) in [7, 11) is 0. The Hall–Kier alpha value is -2.35. The molecule has 0 unspecified atom stereocenters. The van der Waals surface area contributed by atoms with Crippen LogP contribution in [0, 0.1) is 0 Å². The number of aryl methyl sites for hydroxylation is 2. The van der Waals surface area contributed by atoms with Gasteiger partial charge >= 0.3 is 0 Å². The van der Waals surface area contributed by atoms with Gasteiger partial charge < -0.3 is 5.32 Å². The van der Waals surface area contributed by atoms with Crippen molar-refractivity contribution in [2.24, 2.45) is 0 Å². The second-order valence-corrected chi connectivity index (χ2v) is 5.96. The zero-order valence-corrected chi connectivity index (χ0v) is 12.9. The van der Waals surface area contributed by atoms with E-state index in [-0.39, 0.29) is 0 Å². The van der Waals surface area contributed by atoms with E-state index < -0.39 is 0 Å². The molecule has 110 valence electrons. The van der Waals surface area contributed by atoms with Crippen LogP contribution >= 0.6 is 0 Å². The lowest BCUT2D eigenvalue weighted by atomic mass is 10.1. The Kier molecular flexibility index (Phi) is 3.30. The number of rotatable bonds is 3. The van der Waals surface area contributed by atoms with Gasteiger partial charge in [0, 0.05) is 16.8 Å². The monoisotopic (exact) mass is 288 g/mol. The molecule has 0 aliphatic heterocycles. The van der Waals surface area contributed by atoms with Crippen molar-refractivity contribution in [3.63, 3.8) is 0 Å². The third-order valence-electron chi connectivity index (χ3n) is 4.55. The molecule has 1 aliphatic rings. The molecule has 2 heteroatoms. The molecule has 1 aromatic heterocycles. The molecule has 4 rings (SSSR count). The molecule has 0 spiro atoms. The van der Waals surface area contributed by atoms with Crippen LogP contribution in [-0.2, 0) is 19.3 Å². The zero-order chi connectivity index (χ0) is 14.9. The van der Waals surface area contributed by atoms with E-state index in [1.54, 1.807) is 0 Å². The number of anilines is 2. The SMILES string of the molecule is CCc1ccc(Nc2c3c(nc4ccccc24)CCC3)cc1. The first kappa shape index (κ1) is 13.3. The van der Waals surface area contributed by atoms with Crippen LogP contribution in [0.15, 0.2) is 48.5 Å². The summed E-state index contributed by atoms with van der Waals surface area (Å²) in [6.45, 7) is 2.19. The highest BCUT2D eigenvalue weighted by molar-refractivity contribution is 5.95. The average Bonchev–Trinajstić information content (AvgIpc) is 3.03. The van der Waals surface area contributed by atoms with Crippen LogP contribution < -0.4 is 5.32 Å². The number of aromatic nitrogens is 1. The summed E-state index contributed by atoms with van der Waals surface area (Å²) in [5.74, 6) is 0. The van der Waals surface area contributed by atoms with Gasteiger partial charge in [-0.15, -0.1) is 0 Å². The van der Waals surface area contributed by atoms with E-state index in [9.17, 15) is 0 Å². The Morgan fingerprint density at radius 3 is 2.64 bits per heavy atom. The standard InChI is InChI=1S/C20H20N2/c1-2-14-10-12-15(13-11-14)21-20-16-6-3-4-8-18(16)22-19-9-5-7-17(19)20/h3-4,6,8,10-13H,2,5,7,9H2,1H3,(H,21,22). The Balaban J connectivity index is 1.82. The molecule has 0 saturated carbocycles. The van der Waals surface area contributed by atoms with E-state index >= 15 is 0 Å². The van der Waals surface area contributed by atoms with Crippen molar-refractivity contribution in [2.75, 3.05) is 5.32 Å². The van der Waals surface area contributed by atoms with Crippen molar-refractivity contribution < 1.29 is 0 Å². The Morgan fingerprint density at radius 1 is 1.00 bits per heavy atom. The number of pyridine rings is 1. The molecule has 1 heterocycles. The fraction of sp³-hybridized carbons (Fsp3) is 0.250. The van der Waals surface area contributed by atoms with Gasteiger partial charge in [0.1, 0.15) is 0 Å². The normalized spacial score (nSPS) is 13.3. The van der Waals surface area contributed by atoms with Gasteiger partial charge in [-0.1, -0.05) is 37.3 Å². The predicted octanol–water partition coefficient (Wildman–Crippen LogP) is 5.03. The molecule has 0 bridgehead atoms. The summed E-state index contributed by atoms with van der Waals surface area (Å²) >= 11 is 0. The Labute approximate surface area is 131 Å². The number of nitrogens with zero attached hydrogens (tertiary/aromatic N) is 1. The number of para-hydroxylation sites is 1.